The number of anilines is 3. The van der Waals surface area contributed by atoms with E-state index in [1.54, 1.807) is 12.3 Å². The lowest BCUT2D eigenvalue weighted by Gasteiger charge is -2.20. The molecule has 0 unspecified atom stereocenters. The highest BCUT2D eigenvalue weighted by Gasteiger charge is 2.19. The van der Waals surface area contributed by atoms with E-state index in [1.807, 2.05) is 24.4 Å². The normalized spacial score (nSPS) is 14.1. The molecule has 3 rings (SSSR count). The van der Waals surface area contributed by atoms with Crippen LogP contribution in [-0.4, -0.2) is 43.1 Å². The second kappa shape index (κ2) is 6.84. The summed E-state index contributed by atoms with van der Waals surface area (Å²) in [5.74, 6) is 1.29. The monoisotopic (exact) mass is 395 g/mol. The second-order valence-corrected chi connectivity index (χ2v) is 7.41. The van der Waals surface area contributed by atoms with Gasteiger partial charge < -0.3 is 15.1 Å². The van der Waals surface area contributed by atoms with Crippen molar-refractivity contribution in [3.63, 3.8) is 0 Å². The molecule has 0 atom stereocenters. The first-order chi connectivity index (χ1) is 11.0. The van der Waals surface area contributed by atoms with Crippen molar-refractivity contribution < 1.29 is 4.79 Å². The average molecular weight is 396 g/mol. The van der Waals surface area contributed by atoms with Crippen molar-refractivity contribution in [3.05, 3.63) is 27.0 Å². The lowest BCUT2D eigenvalue weighted by Crippen LogP contribution is -2.23. The summed E-state index contributed by atoms with van der Waals surface area (Å²) in [6.07, 6.45) is 4.04. The number of hydrogen-bond donors (Lipinski definition) is 1. The first-order valence-corrected chi connectivity index (χ1v) is 9.06. The number of carbonyl (C=O) groups is 1. The van der Waals surface area contributed by atoms with E-state index in [1.165, 1.54) is 24.2 Å². The molecule has 2 aromatic rings. The van der Waals surface area contributed by atoms with Gasteiger partial charge in [0, 0.05) is 37.0 Å². The number of rotatable bonds is 4. The van der Waals surface area contributed by atoms with Gasteiger partial charge in [-0.1, -0.05) is 0 Å². The number of nitrogens with one attached hydrogen (secondary N) is 1. The van der Waals surface area contributed by atoms with Crippen LogP contribution >= 0.6 is 27.3 Å². The highest BCUT2D eigenvalue weighted by molar-refractivity contribution is 9.10. The minimum Gasteiger partial charge on any atom is -0.361 e. The molecule has 1 amide bonds. The molecule has 1 saturated heterocycles. The van der Waals surface area contributed by atoms with Gasteiger partial charge >= 0.3 is 0 Å². The van der Waals surface area contributed by atoms with Gasteiger partial charge in [-0.25, -0.2) is 4.98 Å². The second-order valence-electron chi connectivity index (χ2n) is 5.58. The van der Waals surface area contributed by atoms with Crippen molar-refractivity contribution >= 4 is 50.6 Å². The summed E-state index contributed by atoms with van der Waals surface area (Å²) in [5, 5.41) is 4.79. The van der Waals surface area contributed by atoms with E-state index >= 15 is 0 Å². The summed E-state index contributed by atoms with van der Waals surface area (Å²) in [5.41, 5.74) is 0.618. The van der Waals surface area contributed by atoms with E-state index in [2.05, 4.69) is 36.1 Å². The van der Waals surface area contributed by atoms with Crippen LogP contribution in [0.5, 0.6) is 0 Å². The smallest absolute Gasteiger partial charge is 0.265 e. The molecule has 0 radical (unpaired) electrons. The molecule has 0 aliphatic carbocycles. The SMILES string of the molecule is CN(C)c1nc(N2CCCC2)ncc1NC(=O)c1cc(Br)cs1. The standard InChI is InChI=1S/C15H18BrN5OS/c1-20(2)13-11(18-14(22)12-7-10(16)9-23-12)8-17-15(19-13)21-5-3-4-6-21/h7-9H,3-6H2,1-2H3,(H,18,22). The Morgan fingerprint density at radius 3 is 2.74 bits per heavy atom. The Morgan fingerprint density at radius 2 is 2.13 bits per heavy atom. The van der Waals surface area contributed by atoms with E-state index in [9.17, 15) is 4.79 Å². The summed E-state index contributed by atoms with van der Waals surface area (Å²) in [7, 11) is 3.82. The minimum absolute atomic E-state index is 0.152. The lowest BCUT2D eigenvalue weighted by atomic mass is 10.4. The van der Waals surface area contributed by atoms with Gasteiger partial charge in [0.2, 0.25) is 5.95 Å². The van der Waals surface area contributed by atoms with Crippen molar-refractivity contribution in [2.24, 2.45) is 0 Å². The molecular weight excluding hydrogens is 378 g/mol. The Labute approximate surface area is 147 Å². The molecule has 1 aliphatic heterocycles. The van der Waals surface area contributed by atoms with Gasteiger partial charge in [-0.15, -0.1) is 11.3 Å². The Bertz CT molecular complexity index is 712. The summed E-state index contributed by atoms with van der Waals surface area (Å²) < 4.78 is 0.904. The van der Waals surface area contributed by atoms with Crippen LogP contribution in [0, 0.1) is 0 Å². The molecule has 0 spiro atoms. The van der Waals surface area contributed by atoms with Crippen molar-refractivity contribution in [3.8, 4) is 0 Å². The molecule has 122 valence electrons. The molecule has 6 nitrogen and oxygen atoms in total. The fourth-order valence-corrected chi connectivity index (χ4v) is 3.80. The summed E-state index contributed by atoms with van der Waals surface area (Å²) >= 11 is 4.76. The van der Waals surface area contributed by atoms with Gasteiger partial charge in [0.1, 0.15) is 5.69 Å². The first kappa shape index (κ1) is 16.2. The summed E-state index contributed by atoms with van der Waals surface area (Å²) in [6, 6.07) is 1.80. The highest BCUT2D eigenvalue weighted by atomic mass is 79.9. The zero-order chi connectivity index (χ0) is 16.4. The van der Waals surface area contributed by atoms with Crippen LogP contribution in [0.25, 0.3) is 0 Å². The van der Waals surface area contributed by atoms with E-state index in [4.69, 9.17) is 0 Å². The fraction of sp³-hybridized carbons (Fsp3) is 0.400. The Kier molecular flexibility index (Phi) is 4.82. The maximum absolute atomic E-state index is 12.3. The molecule has 0 saturated carbocycles. The van der Waals surface area contributed by atoms with Crippen LogP contribution in [0.15, 0.2) is 22.1 Å². The van der Waals surface area contributed by atoms with E-state index in [0.29, 0.717) is 16.4 Å². The maximum atomic E-state index is 12.3. The minimum atomic E-state index is -0.152. The zero-order valence-electron chi connectivity index (χ0n) is 13.0. The molecular formula is C15H18BrN5OS. The third-order valence-electron chi connectivity index (χ3n) is 3.61. The number of aromatic nitrogens is 2. The number of nitrogens with zero attached hydrogens (tertiary/aromatic N) is 4. The molecule has 23 heavy (non-hydrogen) atoms. The van der Waals surface area contributed by atoms with Crippen LogP contribution in [0.3, 0.4) is 0 Å². The zero-order valence-corrected chi connectivity index (χ0v) is 15.4. The van der Waals surface area contributed by atoms with Gasteiger partial charge in [0.15, 0.2) is 5.82 Å². The van der Waals surface area contributed by atoms with Crippen LogP contribution in [0.1, 0.15) is 22.5 Å². The predicted molar refractivity (Wildman–Crippen MR) is 97.8 cm³/mol. The molecule has 8 heteroatoms. The van der Waals surface area contributed by atoms with Crippen molar-refractivity contribution in [2.45, 2.75) is 12.8 Å². The summed E-state index contributed by atoms with van der Waals surface area (Å²) in [4.78, 5) is 26.1. The van der Waals surface area contributed by atoms with Gasteiger partial charge in [0.05, 0.1) is 11.1 Å². The number of thiophene rings is 1. The largest absolute Gasteiger partial charge is 0.361 e. The molecule has 0 bridgehead atoms. The van der Waals surface area contributed by atoms with Crippen LogP contribution in [0.4, 0.5) is 17.5 Å². The molecule has 0 aromatic carbocycles. The van der Waals surface area contributed by atoms with Gasteiger partial charge in [0.25, 0.3) is 5.91 Å². The topological polar surface area (TPSA) is 61.4 Å². The number of amides is 1. The van der Waals surface area contributed by atoms with Gasteiger partial charge in [-0.05, 0) is 34.8 Å². The quantitative estimate of drug-likeness (QED) is 0.860. The lowest BCUT2D eigenvalue weighted by molar-refractivity contribution is 0.103. The number of hydrogen-bond acceptors (Lipinski definition) is 6. The van der Waals surface area contributed by atoms with E-state index in [0.717, 1.165) is 23.5 Å². The van der Waals surface area contributed by atoms with Crippen LogP contribution < -0.4 is 15.1 Å². The number of halogens is 1. The Balaban J connectivity index is 1.84. The van der Waals surface area contributed by atoms with Crippen LogP contribution in [-0.2, 0) is 0 Å². The van der Waals surface area contributed by atoms with Crippen molar-refractivity contribution in [1.29, 1.82) is 0 Å². The van der Waals surface area contributed by atoms with Crippen molar-refractivity contribution in [1.82, 2.24) is 9.97 Å². The third kappa shape index (κ3) is 3.64. The number of carbonyl (C=O) groups excluding carboxylic acids is 1. The highest BCUT2D eigenvalue weighted by Crippen LogP contribution is 2.27. The van der Waals surface area contributed by atoms with Gasteiger partial charge in [-0.2, -0.15) is 4.98 Å². The molecule has 3 heterocycles. The van der Waals surface area contributed by atoms with Gasteiger partial charge in [-0.3, -0.25) is 4.79 Å². The Hall–Kier alpha value is -1.67. The van der Waals surface area contributed by atoms with Crippen molar-refractivity contribution in [2.75, 3.05) is 42.3 Å². The summed E-state index contributed by atoms with van der Waals surface area (Å²) in [6.45, 7) is 1.98. The molecule has 1 fully saturated rings. The molecule has 1 aliphatic rings. The fourth-order valence-electron chi connectivity index (χ4n) is 2.48. The molecule has 1 N–H and O–H groups in total. The average Bonchev–Trinajstić information content (AvgIpc) is 3.18. The first-order valence-electron chi connectivity index (χ1n) is 7.39. The predicted octanol–water partition coefficient (Wildman–Crippen LogP) is 3.22. The molecule has 2 aromatic heterocycles. The van der Waals surface area contributed by atoms with E-state index < -0.39 is 0 Å². The van der Waals surface area contributed by atoms with Crippen LogP contribution in [0.2, 0.25) is 0 Å². The third-order valence-corrected chi connectivity index (χ3v) is 5.30. The maximum Gasteiger partial charge on any atom is 0.265 e. The van der Waals surface area contributed by atoms with E-state index in [-0.39, 0.29) is 5.91 Å². The Morgan fingerprint density at radius 1 is 1.39 bits per heavy atom.